The zero-order valence-corrected chi connectivity index (χ0v) is 14.1. The van der Waals surface area contributed by atoms with Gasteiger partial charge in [-0.05, 0) is 46.7 Å². The van der Waals surface area contributed by atoms with Crippen molar-refractivity contribution in [3.05, 3.63) is 15.6 Å². The van der Waals surface area contributed by atoms with E-state index in [1.165, 1.54) is 9.88 Å². The van der Waals surface area contributed by atoms with Crippen LogP contribution in [0.5, 0.6) is 0 Å². The van der Waals surface area contributed by atoms with Crippen molar-refractivity contribution < 1.29 is 9.84 Å². The van der Waals surface area contributed by atoms with Crippen LogP contribution in [0.25, 0.3) is 0 Å². The number of aromatic nitrogens is 1. The SMILES string of the molecule is CCO[C@H]1C[C@H](O)C12CCN(Cc1nc(C)c(C)s1)CC2. The molecule has 1 spiro atoms. The van der Waals surface area contributed by atoms with Crippen LogP contribution in [0.15, 0.2) is 0 Å². The van der Waals surface area contributed by atoms with Gasteiger partial charge in [0.05, 0.1) is 24.4 Å². The summed E-state index contributed by atoms with van der Waals surface area (Å²) >= 11 is 1.81. The van der Waals surface area contributed by atoms with E-state index in [0.717, 1.165) is 51.2 Å². The molecule has 1 N–H and O–H groups in total. The molecule has 21 heavy (non-hydrogen) atoms. The van der Waals surface area contributed by atoms with E-state index in [1.54, 1.807) is 0 Å². The minimum Gasteiger partial charge on any atom is -0.392 e. The van der Waals surface area contributed by atoms with Crippen LogP contribution in [0.1, 0.15) is 41.8 Å². The molecule has 0 amide bonds. The fourth-order valence-electron chi connectivity index (χ4n) is 3.74. The minimum absolute atomic E-state index is 0.0290. The van der Waals surface area contributed by atoms with Crippen LogP contribution in [0.4, 0.5) is 0 Å². The Kier molecular flexibility index (Phi) is 4.37. The van der Waals surface area contributed by atoms with Crippen LogP contribution < -0.4 is 0 Å². The van der Waals surface area contributed by atoms with Crippen LogP contribution in [0.3, 0.4) is 0 Å². The van der Waals surface area contributed by atoms with Crippen molar-refractivity contribution in [1.82, 2.24) is 9.88 Å². The third kappa shape index (κ3) is 2.77. The number of hydrogen-bond donors (Lipinski definition) is 1. The molecule has 5 heteroatoms. The first-order valence-electron chi connectivity index (χ1n) is 8.00. The molecule has 3 rings (SSSR count). The van der Waals surface area contributed by atoms with Gasteiger partial charge in [-0.3, -0.25) is 4.90 Å². The van der Waals surface area contributed by atoms with Gasteiger partial charge in [0, 0.05) is 23.3 Å². The van der Waals surface area contributed by atoms with Crippen LogP contribution in [0, 0.1) is 19.3 Å². The summed E-state index contributed by atoms with van der Waals surface area (Å²) in [4.78, 5) is 8.43. The zero-order valence-electron chi connectivity index (χ0n) is 13.3. The highest BCUT2D eigenvalue weighted by Gasteiger charge is 2.55. The molecule has 1 aromatic heterocycles. The second kappa shape index (κ2) is 5.95. The van der Waals surface area contributed by atoms with Gasteiger partial charge in [0.15, 0.2) is 0 Å². The van der Waals surface area contributed by atoms with Crippen molar-refractivity contribution in [2.45, 2.75) is 58.8 Å². The van der Waals surface area contributed by atoms with Crippen molar-refractivity contribution in [3.8, 4) is 0 Å². The lowest BCUT2D eigenvalue weighted by Gasteiger charge is -2.56. The average Bonchev–Trinajstić information content (AvgIpc) is 2.78. The van der Waals surface area contributed by atoms with E-state index in [4.69, 9.17) is 4.74 Å². The summed E-state index contributed by atoms with van der Waals surface area (Å²) < 4.78 is 5.83. The molecule has 2 aliphatic rings. The number of aliphatic hydroxyl groups is 1. The highest BCUT2D eigenvalue weighted by Crippen LogP contribution is 2.51. The highest BCUT2D eigenvalue weighted by molar-refractivity contribution is 7.11. The third-order valence-corrected chi connectivity index (χ3v) is 6.39. The van der Waals surface area contributed by atoms with E-state index in [-0.39, 0.29) is 17.6 Å². The van der Waals surface area contributed by atoms with Crippen LogP contribution >= 0.6 is 11.3 Å². The van der Waals surface area contributed by atoms with E-state index < -0.39 is 0 Å². The van der Waals surface area contributed by atoms with E-state index in [9.17, 15) is 5.11 Å². The number of thiazole rings is 1. The number of hydrogen-bond acceptors (Lipinski definition) is 5. The predicted octanol–water partition coefficient (Wildman–Crippen LogP) is 2.51. The van der Waals surface area contributed by atoms with Crippen LogP contribution in [-0.4, -0.2) is 46.9 Å². The maximum absolute atomic E-state index is 10.2. The average molecular weight is 310 g/mol. The summed E-state index contributed by atoms with van der Waals surface area (Å²) in [7, 11) is 0. The Hall–Kier alpha value is -0.490. The Balaban J connectivity index is 1.57. The van der Waals surface area contributed by atoms with Gasteiger partial charge in [-0.25, -0.2) is 4.98 Å². The molecule has 2 fully saturated rings. The second-order valence-electron chi connectivity index (χ2n) is 6.45. The Morgan fingerprint density at radius 2 is 2.10 bits per heavy atom. The Labute approximate surface area is 131 Å². The first-order valence-corrected chi connectivity index (χ1v) is 8.81. The Morgan fingerprint density at radius 3 is 2.62 bits per heavy atom. The number of rotatable bonds is 4. The van der Waals surface area contributed by atoms with Crippen LogP contribution in [0.2, 0.25) is 0 Å². The molecule has 0 unspecified atom stereocenters. The molecular formula is C16H26N2O2S. The predicted molar refractivity (Wildman–Crippen MR) is 84.6 cm³/mol. The lowest BCUT2D eigenvalue weighted by Crippen LogP contribution is -2.62. The maximum atomic E-state index is 10.2. The molecule has 1 aliphatic heterocycles. The first kappa shape index (κ1) is 15.4. The van der Waals surface area contributed by atoms with Crippen molar-refractivity contribution in [2.24, 2.45) is 5.41 Å². The summed E-state index contributed by atoms with van der Waals surface area (Å²) in [6.45, 7) is 10.0. The normalized spacial score (nSPS) is 28.8. The lowest BCUT2D eigenvalue weighted by molar-refractivity contribution is -0.209. The van der Waals surface area contributed by atoms with Crippen molar-refractivity contribution in [3.63, 3.8) is 0 Å². The monoisotopic (exact) mass is 310 g/mol. The molecule has 118 valence electrons. The first-order chi connectivity index (χ1) is 10.0. The van der Waals surface area contributed by atoms with E-state index >= 15 is 0 Å². The zero-order chi connectivity index (χ0) is 15.0. The van der Waals surface area contributed by atoms with Crippen molar-refractivity contribution in [1.29, 1.82) is 0 Å². The van der Waals surface area contributed by atoms with Gasteiger partial charge in [-0.15, -0.1) is 11.3 Å². The lowest BCUT2D eigenvalue weighted by atomic mass is 9.58. The fraction of sp³-hybridized carbons (Fsp3) is 0.812. The second-order valence-corrected chi connectivity index (χ2v) is 7.74. The van der Waals surface area contributed by atoms with Crippen LogP contribution in [-0.2, 0) is 11.3 Å². The maximum Gasteiger partial charge on any atom is 0.107 e. The summed E-state index contributed by atoms with van der Waals surface area (Å²) in [6.07, 6.45) is 3.01. The van der Waals surface area contributed by atoms with Crippen molar-refractivity contribution in [2.75, 3.05) is 19.7 Å². The quantitative estimate of drug-likeness (QED) is 0.928. The molecule has 1 aromatic rings. The molecule has 0 bridgehead atoms. The summed E-state index contributed by atoms with van der Waals surface area (Å²) in [5.41, 5.74) is 1.19. The molecule has 1 saturated carbocycles. The fourth-order valence-corrected chi connectivity index (χ4v) is 4.72. The van der Waals surface area contributed by atoms with E-state index in [0.29, 0.717) is 0 Å². The van der Waals surface area contributed by atoms with Gasteiger partial charge < -0.3 is 9.84 Å². The molecular weight excluding hydrogens is 284 g/mol. The highest BCUT2D eigenvalue weighted by atomic mass is 32.1. The molecule has 4 nitrogen and oxygen atoms in total. The number of aryl methyl sites for hydroxylation is 2. The van der Waals surface area contributed by atoms with E-state index in [2.05, 4.69) is 23.7 Å². The summed E-state index contributed by atoms with van der Waals surface area (Å²) in [5.74, 6) is 0. The number of ether oxygens (including phenoxy) is 1. The molecule has 2 atom stereocenters. The molecule has 0 radical (unpaired) electrons. The topological polar surface area (TPSA) is 45.6 Å². The number of piperidine rings is 1. The summed E-state index contributed by atoms with van der Waals surface area (Å²) in [5, 5.41) is 11.4. The van der Waals surface area contributed by atoms with Gasteiger partial charge in [-0.1, -0.05) is 0 Å². The molecule has 1 saturated heterocycles. The number of nitrogens with zero attached hydrogens (tertiary/aromatic N) is 2. The largest absolute Gasteiger partial charge is 0.392 e. The van der Waals surface area contributed by atoms with Crippen molar-refractivity contribution >= 4 is 11.3 Å². The molecule has 1 aliphatic carbocycles. The minimum atomic E-state index is -0.166. The Bertz CT molecular complexity index is 473. The van der Waals surface area contributed by atoms with Gasteiger partial charge in [0.25, 0.3) is 0 Å². The standard InChI is InChI=1S/C16H26N2O2S/c1-4-20-14-9-13(19)16(14)5-7-18(8-6-16)10-15-17-11(2)12(3)21-15/h13-14,19H,4-10H2,1-3H3/t13-,14-/m0/s1. The number of likely N-dealkylation sites (tertiary alicyclic amines) is 1. The van der Waals surface area contributed by atoms with E-state index in [1.807, 2.05) is 18.3 Å². The van der Waals surface area contributed by atoms with Gasteiger partial charge >= 0.3 is 0 Å². The molecule has 0 aromatic carbocycles. The third-order valence-electron chi connectivity index (χ3n) is 5.33. The van der Waals surface area contributed by atoms with Gasteiger partial charge in [0.1, 0.15) is 5.01 Å². The number of aliphatic hydroxyl groups excluding tert-OH is 1. The summed E-state index contributed by atoms with van der Waals surface area (Å²) in [6, 6.07) is 0. The smallest absolute Gasteiger partial charge is 0.107 e. The molecule has 2 heterocycles. The van der Waals surface area contributed by atoms with Gasteiger partial charge in [-0.2, -0.15) is 0 Å². The Morgan fingerprint density at radius 1 is 1.38 bits per heavy atom. The van der Waals surface area contributed by atoms with Gasteiger partial charge in [0.2, 0.25) is 0 Å².